The van der Waals surface area contributed by atoms with Gasteiger partial charge in [0.15, 0.2) is 0 Å². The van der Waals surface area contributed by atoms with E-state index in [1.165, 1.54) is 22.2 Å². The van der Waals surface area contributed by atoms with E-state index < -0.39 is 0 Å². The summed E-state index contributed by atoms with van der Waals surface area (Å²) in [6, 6.07) is 22.3. The zero-order chi connectivity index (χ0) is 21.4. The molecule has 0 saturated heterocycles. The van der Waals surface area contributed by atoms with Gasteiger partial charge in [0, 0.05) is 39.7 Å². The number of hydrogen-bond acceptors (Lipinski definition) is 2. The summed E-state index contributed by atoms with van der Waals surface area (Å²) in [5, 5.41) is 6.15. The van der Waals surface area contributed by atoms with Crippen LogP contribution in [0.2, 0.25) is 10.0 Å². The number of benzene rings is 3. The van der Waals surface area contributed by atoms with Crippen molar-refractivity contribution < 1.29 is 0 Å². The average Bonchev–Trinajstić information content (AvgIpc) is 3.29. The number of fused-ring (bicyclic) bond motifs is 2. The largest absolute Gasteiger partial charge is 0.341 e. The van der Waals surface area contributed by atoms with Gasteiger partial charge < -0.3 is 14.9 Å². The molecule has 0 aliphatic carbocycles. The summed E-state index contributed by atoms with van der Waals surface area (Å²) in [7, 11) is 0. The lowest BCUT2D eigenvalue weighted by Crippen LogP contribution is -2.14. The minimum Gasteiger partial charge on any atom is -0.341 e. The first-order chi connectivity index (χ1) is 15.1. The van der Waals surface area contributed by atoms with Crippen LogP contribution in [-0.4, -0.2) is 14.5 Å². The number of hydrogen-bond donors (Lipinski definition) is 2. The van der Waals surface area contributed by atoms with Crippen LogP contribution in [-0.2, 0) is 19.6 Å². The minimum absolute atomic E-state index is 0.651. The number of H-pyrrole nitrogens is 1. The Morgan fingerprint density at radius 1 is 0.968 bits per heavy atom. The Bertz CT molecular complexity index is 1350. The fraction of sp³-hybridized carbons (Fsp3) is 0.160. The maximum absolute atomic E-state index is 6.45. The molecule has 6 heteroatoms. The van der Waals surface area contributed by atoms with Crippen molar-refractivity contribution in [3.63, 3.8) is 0 Å². The Kier molecular flexibility index (Phi) is 5.45. The van der Waals surface area contributed by atoms with Gasteiger partial charge in [-0.15, -0.1) is 0 Å². The zero-order valence-electron chi connectivity index (χ0n) is 17.1. The van der Waals surface area contributed by atoms with Gasteiger partial charge in [0.25, 0.3) is 0 Å². The van der Waals surface area contributed by atoms with Gasteiger partial charge in [-0.3, -0.25) is 0 Å². The molecule has 0 atom stereocenters. The van der Waals surface area contributed by atoms with E-state index in [0.717, 1.165) is 29.0 Å². The molecule has 0 fully saturated rings. The molecule has 156 valence electrons. The van der Waals surface area contributed by atoms with Crippen molar-refractivity contribution in [3.05, 3.63) is 99.4 Å². The van der Waals surface area contributed by atoms with Crippen LogP contribution < -0.4 is 5.32 Å². The third-order valence-electron chi connectivity index (χ3n) is 5.74. The van der Waals surface area contributed by atoms with Crippen LogP contribution in [0.15, 0.2) is 66.7 Å². The molecule has 0 aliphatic rings. The van der Waals surface area contributed by atoms with Gasteiger partial charge in [0.1, 0.15) is 5.82 Å². The third kappa shape index (κ3) is 3.94. The maximum atomic E-state index is 6.45. The van der Waals surface area contributed by atoms with E-state index in [1.807, 2.05) is 36.4 Å². The Balaban J connectivity index is 1.41. The zero-order valence-corrected chi connectivity index (χ0v) is 18.6. The molecule has 0 radical (unpaired) electrons. The van der Waals surface area contributed by atoms with Gasteiger partial charge in [0.2, 0.25) is 0 Å². The molecule has 5 rings (SSSR count). The Morgan fingerprint density at radius 3 is 2.61 bits per heavy atom. The summed E-state index contributed by atoms with van der Waals surface area (Å²) in [5.74, 6) is 0.940. The molecular formula is C25H22Cl2N4. The van der Waals surface area contributed by atoms with Crippen LogP contribution in [0.4, 0.5) is 0 Å². The third-order valence-corrected chi connectivity index (χ3v) is 6.32. The smallest absolute Gasteiger partial charge is 0.121 e. The predicted octanol–water partition coefficient (Wildman–Crippen LogP) is 6.47. The SMILES string of the molecule is Cc1c(CNCc2nc3ccccc3[nH]2)c2ccccc2n1Cc1ccc(Cl)cc1Cl. The Labute approximate surface area is 190 Å². The number of imidazole rings is 1. The maximum Gasteiger partial charge on any atom is 0.121 e. The number of halogens is 2. The van der Waals surface area contributed by atoms with E-state index in [-0.39, 0.29) is 0 Å². The van der Waals surface area contributed by atoms with Crippen LogP contribution in [0.3, 0.4) is 0 Å². The van der Waals surface area contributed by atoms with Gasteiger partial charge in [0.05, 0.1) is 17.6 Å². The highest BCUT2D eigenvalue weighted by Crippen LogP contribution is 2.29. The first-order valence-corrected chi connectivity index (χ1v) is 11.0. The van der Waals surface area contributed by atoms with Crippen LogP contribution >= 0.6 is 23.2 Å². The molecule has 3 aromatic carbocycles. The Morgan fingerprint density at radius 2 is 1.77 bits per heavy atom. The predicted molar refractivity (Wildman–Crippen MR) is 129 cm³/mol. The van der Waals surface area contributed by atoms with Gasteiger partial charge in [-0.2, -0.15) is 0 Å². The molecule has 2 aromatic heterocycles. The van der Waals surface area contributed by atoms with Crippen LogP contribution in [0.5, 0.6) is 0 Å². The van der Waals surface area contributed by atoms with E-state index >= 15 is 0 Å². The molecule has 31 heavy (non-hydrogen) atoms. The summed E-state index contributed by atoms with van der Waals surface area (Å²) in [6.45, 7) is 4.30. The first kappa shape index (κ1) is 20.1. The lowest BCUT2D eigenvalue weighted by Gasteiger charge is -2.11. The van der Waals surface area contributed by atoms with Gasteiger partial charge in [-0.25, -0.2) is 4.98 Å². The number of aromatic amines is 1. The van der Waals surface area contributed by atoms with Crippen LogP contribution in [0, 0.1) is 6.92 Å². The summed E-state index contributed by atoms with van der Waals surface area (Å²) in [4.78, 5) is 8.04. The molecule has 0 amide bonds. The minimum atomic E-state index is 0.651. The molecule has 0 bridgehead atoms. The summed E-state index contributed by atoms with van der Waals surface area (Å²) in [5.41, 5.74) is 6.82. The van der Waals surface area contributed by atoms with Crippen molar-refractivity contribution in [1.82, 2.24) is 19.9 Å². The lowest BCUT2D eigenvalue weighted by molar-refractivity contribution is 0.665. The molecule has 0 saturated carbocycles. The highest BCUT2D eigenvalue weighted by Gasteiger charge is 2.15. The van der Waals surface area contributed by atoms with Crippen molar-refractivity contribution in [2.45, 2.75) is 26.6 Å². The molecule has 2 N–H and O–H groups in total. The topological polar surface area (TPSA) is 45.6 Å². The number of rotatable bonds is 6. The van der Waals surface area contributed by atoms with Crippen molar-refractivity contribution in [1.29, 1.82) is 0 Å². The summed E-state index contributed by atoms with van der Waals surface area (Å²) in [6.07, 6.45) is 0. The second-order valence-electron chi connectivity index (χ2n) is 7.71. The second kappa shape index (κ2) is 8.39. The normalized spacial score (nSPS) is 11.6. The van der Waals surface area contributed by atoms with Gasteiger partial charge in [-0.05, 0) is 48.4 Å². The Hall–Kier alpha value is -2.79. The van der Waals surface area contributed by atoms with Crippen LogP contribution in [0.1, 0.15) is 22.6 Å². The number of para-hydroxylation sites is 3. The van der Waals surface area contributed by atoms with Crippen molar-refractivity contribution >= 4 is 45.1 Å². The number of nitrogens with one attached hydrogen (secondary N) is 2. The lowest BCUT2D eigenvalue weighted by atomic mass is 10.1. The van der Waals surface area contributed by atoms with E-state index in [2.05, 4.69) is 51.0 Å². The monoisotopic (exact) mass is 448 g/mol. The van der Waals surface area contributed by atoms with Crippen LogP contribution in [0.25, 0.3) is 21.9 Å². The van der Waals surface area contributed by atoms with Gasteiger partial charge >= 0.3 is 0 Å². The second-order valence-corrected chi connectivity index (χ2v) is 8.55. The molecular weight excluding hydrogens is 427 g/mol. The van der Waals surface area contributed by atoms with Crippen molar-refractivity contribution in [2.24, 2.45) is 0 Å². The fourth-order valence-corrected chi connectivity index (χ4v) is 4.61. The standard InChI is InChI=1S/C25H22Cl2N4/c1-16-20(13-28-14-25-29-22-7-3-4-8-23(22)30-25)19-6-2-5-9-24(19)31(16)15-17-10-11-18(26)12-21(17)27/h2-12,28H,13-15H2,1H3,(H,29,30). The first-order valence-electron chi connectivity index (χ1n) is 10.2. The van der Waals surface area contributed by atoms with E-state index in [1.54, 1.807) is 6.07 Å². The summed E-state index contributed by atoms with van der Waals surface area (Å²) < 4.78 is 2.32. The van der Waals surface area contributed by atoms with E-state index in [0.29, 0.717) is 23.1 Å². The fourth-order valence-electron chi connectivity index (χ4n) is 4.15. The highest BCUT2D eigenvalue weighted by atomic mass is 35.5. The highest BCUT2D eigenvalue weighted by molar-refractivity contribution is 6.35. The van der Waals surface area contributed by atoms with Crippen molar-refractivity contribution in [2.75, 3.05) is 0 Å². The average molecular weight is 449 g/mol. The molecule has 0 aliphatic heterocycles. The molecule has 0 unspecified atom stereocenters. The van der Waals surface area contributed by atoms with Gasteiger partial charge in [-0.1, -0.05) is 59.6 Å². The molecule has 4 nitrogen and oxygen atoms in total. The quantitative estimate of drug-likeness (QED) is 0.312. The van der Waals surface area contributed by atoms with E-state index in [4.69, 9.17) is 23.2 Å². The molecule has 5 aromatic rings. The summed E-state index contributed by atoms with van der Waals surface area (Å²) >= 11 is 12.5. The number of nitrogens with zero attached hydrogens (tertiary/aromatic N) is 2. The number of aromatic nitrogens is 3. The van der Waals surface area contributed by atoms with E-state index in [9.17, 15) is 0 Å². The molecule has 2 heterocycles. The molecule has 0 spiro atoms. The van der Waals surface area contributed by atoms with Crippen molar-refractivity contribution in [3.8, 4) is 0 Å².